The Morgan fingerprint density at radius 1 is 1.19 bits per heavy atom. The third kappa shape index (κ3) is 3.46. The van der Waals surface area contributed by atoms with Crippen LogP contribution in [0.1, 0.15) is 42.3 Å². The summed E-state index contributed by atoms with van der Waals surface area (Å²) in [5.41, 5.74) is 2.66. The molecule has 0 atom stereocenters. The molecule has 6 rings (SSSR count). The molecular formula is C20H22N8OS2. The number of piperidine rings is 1. The first kappa shape index (κ1) is 19.1. The molecule has 3 N–H and O–H groups in total. The highest BCUT2D eigenvalue weighted by molar-refractivity contribution is 7.22. The predicted molar refractivity (Wildman–Crippen MR) is 121 cm³/mol. The van der Waals surface area contributed by atoms with Crippen LogP contribution in [0.25, 0.3) is 26.7 Å². The lowest BCUT2D eigenvalue weighted by molar-refractivity contribution is -0.117. The van der Waals surface area contributed by atoms with Gasteiger partial charge in [0, 0.05) is 11.8 Å². The Labute approximate surface area is 186 Å². The third-order valence-electron chi connectivity index (χ3n) is 5.88. The van der Waals surface area contributed by atoms with Crippen LogP contribution >= 0.6 is 22.7 Å². The van der Waals surface area contributed by atoms with Crippen LogP contribution in [-0.4, -0.2) is 48.7 Å². The molecule has 1 aliphatic carbocycles. The van der Waals surface area contributed by atoms with E-state index in [2.05, 4.69) is 37.7 Å². The van der Waals surface area contributed by atoms with Crippen LogP contribution in [-0.2, 0) is 4.79 Å². The molecule has 0 aromatic carbocycles. The lowest BCUT2D eigenvalue weighted by Gasteiger charge is -2.20. The van der Waals surface area contributed by atoms with Crippen molar-refractivity contribution in [3.05, 3.63) is 23.2 Å². The maximum absolute atomic E-state index is 12.1. The van der Waals surface area contributed by atoms with Gasteiger partial charge in [0.2, 0.25) is 5.91 Å². The lowest BCUT2D eigenvalue weighted by Crippen LogP contribution is -2.26. The number of imidazole rings is 1. The molecule has 0 unspecified atom stereocenters. The van der Waals surface area contributed by atoms with Crippen molar-refractivity contribution < 1.29 is 4.79 Å². The van der Waals surface area contributed by atoms with Crippen LogP contribution in [0, 0.1) is 12.8 Å². The largest absolute Gasteiger partial charge is 0.317 e. The SMILES string of the molecule is Cc1nc(C2CCNCC2)sc1-c1cncn1-c1n[nH]c2nc(NC(=O)C3CC3)sc12. The van der Waals surface area contributed by atoms with E-state index >= 15 is 0 Å². The number of carbonyl (C=O) groups excluding carboxylic acids is 1. The molecule has 4 aromatic heterocycles. The van der Waals surface area contributed by atoms with Gasteiger partial charge in [-0.3, -0.25) is 14.5 Å². The summed E-state index contributed by atoms with van der Waals surface area (Å²) in [4.78, 5) is 27.0. The molecule has 4 aromatic rings. The van der Waals surface area contributed by atoms with Crippen LogP contribution in [0.15, 0.2) is 12.5 Å². The summed E-state index contributed by atoms with van der Waals surface area (Å²) in [5.74, 6) is 1.46. The van der Waals surface area contributed by atoms with Gasteiger partial charge in [-0.1, -0.05) is 11.3 Å². The molecule has 1 saturated heterocycles. The van der Waals surface area contributed by atoms with E-state index in [9.17, 15) is 4.79 Å². The van der Waals surface area contributed by atoms with E-state index in [-0.39, 0.29) is 11.8 Å². The van der Waals surface area contributed by atoms with Gasteiger partial charge in [0.05, 0.1) is 27.5 Å². The van der Waals surface area contributed by atoms with E-state index < -0.39 is 0 Å². The zero-order chi connectivity index (χ0) is 20.9. The first-order valence-corrected chi connectivity index (χ1v) is 12.2. The molecule has 0 spiro atoms. The summed E-state index contributed by atoms with van der Waals surface area (Å²) < 4.78 is 2.88. The summed E-state index contributed by atoms with van der Waals surface area (Å²) in [5, 5.41) is 15.6. The fraction of sp³-hybridized carbons (Fsp3) is 0.450. The number of rotatable bonds is 5. The topological polar surface area (TPSA) is 113 Å². The number of amides is 1. The molecule has 0 radical (unpaired) electrons. The number of H-pyrrole nitrogens is 1. The number of aromatic amines is 1. The molecule has 5 heterocycles. The van der Waals surface area contributed by atoms with Crippen molar-refractivity contribution in [2.24, 2.45) is 5.92 Å². The van der Waals surface area contributed by atoms with Gasteiger partial charge in [0.25, 0.3) is 0 Å². The van der Waals surface area contributed by atoms with E-state index in [0.717, 1.165) is 65.6 Å². The Kier molecular flexibility index (Phi) is 4.62. The summed E-state index contributed by atoms with van der Waals surface area (Å²) >= 11 is 3.19. The molecule has 1 aliphatic heterocycles. The first-order valence-electron chi connectivity index (χ1n) is 10.5. The Morgan fingerprint density at radius 3 is 2.84 bits per heavy atom. The van der Waals surface area contributed by atoms with E-state index in [1.54, 1.807) is 17.7 Å². The summed E-state index contributed by atoms with van der Waals surface area (Å²) in [7, 11) is 0. The van der Waals surface area contributed by atoms with E-state index in [4.69, 9.17) is 4.98 Å². The van der Waals surface area contributed by atoms with Crippen LogP contribution in [0.5, 0.6) is 0 Å². The standard InChI is InChI=1S/C20H22N8OS2/c1-10-14(30-19(23-10)12-4-6-21-7-5-12)13-8-22-9-28(13)17-15-16(26-27-17)24-20(31-15)25-18(29)11-2-3-11/h8-9,11-12,21H,2-7H2,1H3,(H2,24,25,26,27,29). The molecule has 1 saturated carbocycles. The minimum absolute atomic E-state index is 0.0555. The average molecular weight is 455 g/mol. The number of nitrogens with one attached hydrogen (secondary N) is 3. The highest BCUT2D eigenvalue weighted by Crippen LogP contribution is 2.38. The molecule has 31 heavy (non-hydrogen) atoms. The number of aromatic nitrogens is 6. The minimum Gasteiger partial charge on any atom is -0.317 e. The fourth-order valence-electron chi connectivity index (χ4n) is 4.00. The number of thiazole rings is 2. The van der Waals surface area contributed by atoms with Crippen molar-refractivity contribution in [1.82, 2.24) is 35.0 Å². The number of carbonyl (C=O) groups is 1. The monoisotopic (exact) mass is 454 g/mol. The molecule has 11 heteroatoms. The molecular weight excluding hydrogens is 432 g/mol. The average Bonchev–Trinajstić information content (AvgIpc) is 3.06. The molecule has 9 nitrogen and oxygen atoms in total. The first-order chi connectivity index (χ1) is 15.2. The molecule has 1 amide bonds. The van der Waals surface area contributed by atoms with Crippen molar-refractivity contribution in [2.75, 3.05) is 18.4 Å². The number of hydrogen-bond acceptors (Lipinski definition) is 8. The number of aryl methyl sites for hydroxylation is 1. The van der Waals surface area contributed by atoms with Gasteiger partial charge in [0.15, 0.2) is 16.6 Å². The van der Waals surface area contributed by atoms with Crippen LogP contribution in [0.2, 0.25) is 0 Å². The second kappa shape index (κ2) is 7.50. The van der Waals surface area contributed by atoms with Crippen molar-refractivity contribution in [3.63, 3.8) is 0 Å². The van der Waals surface area contributed by atoms with E-state index in [1.807, 2.05) is 10.8 Å². The second-order valence-electron chi connectivity index (χ2n) is 8.15. The quantitative estimate of drug-likeness (QED) is 0.426. The van der Waals surface area contributed by atoms with Gasteiger partial charge >= 0.3 is 0 Å². The Morgan fingerprint density at radius 2 is 2.03 bits per heavy atom. The predicted octanol–water partition coefficient (Wildman–Crippen LogP) is 3.45. The van der Waals surface area contributed by atoms with Crippen molar-refractivity contribution >= 4 is 44.1 Å². The Bertz CT molecular complexity index is 1260. The van der Waals surface area contributed by atoms with E-state index in [0.29, 0.717) is 16.7 Å². The van der Waals surface area contributed by atoms with Gasteiger partial charge in [-0.15, -0.1) is 11.3 Å². The molecule has 2 fully saturated rings. The van der Waals surface area contributed by atoms with Crippen molar-refractivity contribution in [1.29, 1.82) is 0 Å². The number of nitrogens with zero attached hydrogens (tertiary/aromatic N) is 5. The smallest absolute Gasteiger partial charge is 0.229 e. The number of hydrogen-bond donors (Lipinski definition) is 3. The van der Waals surface area contributed by atoms with Crippen LogP contribution in [0.3, 0.4) is 0 Å². The highest BCUT2D eigenvalue weighted by atomic mass is 32.1. The van der Waals surface area contributed by atoms with Gasteiger partial charge in [0.1, 0.15) is 11.0 Å². The fourth-order valence-corrected chi connectivity index (χ4v) is 6.15. The summed E-state index contributed by atoms with van der Waals surface area (Å²) in [6.45, 7) is 4.16. The van der Waals surface area contributed by atoms with Crippen molar-refractivity contribution in [3.8, 4) is 16.4 Å². The Balaban J connectivity index is 1.34. The third-order valence-corrected chi connectivity index (χ3v) is 8.19. The number of anilines is 1. The van der Waals surface area contributed by atoms with Gasteiger partial charge in [-0.25, -0.2) is 15.0 Å². The highest BCUT2D eigenvalue weighted by Gasteiger charge is 2.30. The van der Waals surface area contributed by atoms with E-state index in [1.165, 1.54) is 16.3 Å². The molecule has 160 valence electrons. The number of fused-ring (bicyclic) bond motifs is 1. The summed E-state index contributed by atoms with van der Waals surface area (Å²) in [6, 6.07) is 0. The van der Waals surface area contributed by atoms with Crippen molar-refractivity contribution in [2.45, 2.75) is 38.5 Å². The zero-order valence-electron chi connectivity index (χ0n) is 17.0. The van der Waals surface area contributed by atoms with Gasteiger partial charge < -0.3 is 10.6 Å². The minimum atomic E-state index is 0.0555. The van der Waals surface area contributed by atoms with Gasteiger partial charge in [-0.2, -0.15) is 5.10 Å². The lowest BCUT2D eigenvalue weighted by atomic mass is 9.99. The summed E-state index contributed by atoms with van der Waals surface area (Å²) in [6.07, 6.45) is 7.83. The maximum Gasteiger partial charge on any atom is 0.229 e. The second-order valence-corrected chi connectivity index (χ2v) is 10.2. The van der Waals surface area contributed by atoms with Crippen LogP contribution in [0.4, 0.5) is 5.13 Å². The molecule has 2 aliphatic rings. The Hall–Kier alpha value is -2.63. The normalized spacial score (nSPS) is 17.5. The van der Waals surface area contributed by atoms with Gasteiger partial charge in [-0.05, 0) is 45.7 Å². The zero-order valence-corrected chi connectivity index (χ0v) is 18.6. The maximum atomic E-state index is 12.1. The van der Waals surface area contributed by atoms with Crippen LogP contribution < -0.4 is 10.6 Å². The molecule has 0 bridgehead atoms.